The SMILES string of the molecule is [CH2-]C/C=C/CCOCOCC.[Li+]. The molecule has 0 unspecified atom stereocenters. The van der Waals surface area contributed by atoms with Gasteiger partial charge in [0, 0.05) is 6.61 Å². The van der Waals surface area contributed by atoms with Gasteiger partial charge in [-0.1, -0.05) is 6.08 Å². The Kier molecular flexibility index (Phi) is 17.0. The minimum absolute atomic E-state index is 0. The van der Waals surface area contributed by atoms with Crippen molar-refractivity contribution in [3.63, 3.8) is 0 Å². The third-order valence-corrected chi connectivity index (χ3v) is 1.13. The van der Waals surface area contributed by atoms with Crippen LogP contribution in [0.5, 0.6) is 0 Å². The van der Waals surface area contributed by atoms with E-state index in [2.05, 4.69) is 13.0 Å². The Morgan fingerprint density at radius 3 is 2.58 bits per heavy atom. The number of hydrogen-bond acceptors (Lipinski definition) is 2. The molecule has 0 aliphatic heterocycles. The maximum Gasteiger partial charge on any atom is 1.00 e. The maximum atomic E-state index is 5.13. The molecule has 0 N–H and O–H groups in total. The van der Waals surface area contributed by atoms with Crippen LogP contribution in [0.15, 0.2) is 12.2 Å². The molecule has 0 aliphatic carbocycles. The van der Waals surface area contributed by atoms with E-state index in [4.69, 9.17) is 9.47 Å². The van der Waals surface area contributed by atoms with E-state index in [-0.39, 0.29) is 18.9 Å². The van der Waals surface area contributed by atoms with Crippen molar-refractivity contribution in [2.24, 2.45) is 0 Å². The van der Waals surface area contributed by atoms with Gasteiger partial charge in [-0.2, -0.15) is 6.42 Å². The molecule has 12 heavy (non-hydrogen) atoms. The fourth-order valence-corrected chi connectivity index (χ4v) is 0.588. The van der Waals surface area contributed by atoms with E-state index in [1.807, 2.05) is 13.0 Å². The summed E-state index contributed by atoms with van der Waals surface area (Å²) in [5.74, 6) is 0. The van der Waals surface area contributed by atoms with Crippen molar-refractivity contribution in [3.8, 4) is 0 Å². The second-order valence-electron chi connectivity index (χ2n) is 2.07. The third-order valence-electron chi connectivity index (χ3n) is 1.13. The molecule has 0 spiro atoms. The quantitative estimate of drug-likeness (QED) is 0.161. The van der Waals surface area contributed by atoms with Crippen LogP contribution in [0.25, 0.3) is 0 Å². The number of hydrogen-bond donors (Lipinski definition) is 0. The van der Waals surface area contributed by atoms with Crippen molar-refractivity contribution in [2.45, 2.75) is 19.8 Å². The molecule has 0 aromatic rings. The van der Waals surface area contributed by atoms with Crippen molar-refractivity contribution in [2.75, 3.05) is 20.0 Å². The summed E-state index contributed by atoms with van der Waals surface area (Å²) in [6, 6.07) is 0. The summed E-state index contributed by atoms with van der Waals surface area (Å²) in [6.07, 6.45) is 5.90. The maximum absolute atomic E-state index is 5.13. The molecule has 3 heteroatoms. The van der Waals surface area contributed by atoms with Gasteiger partial charge in [0.1, 0.15) is 6.79 Å². The molecule has 0 atom stereocenters. The number of rotatable bonds is 7. The predicted octanol–water partition coefficient (Wildman–Crippen LogP) is -0.829. The van der Waals surface area contributed by atoms with E-state index < -0.39 is 0 Å². The smallest absolute Gasteiger partial charge is 0.356 e. The van der Waals surface area contributed by atoms with E-state index in [0.717, 1.165) is 19.4 Å². The molecule has 0 radical (unpaired) electrons. The molecule has 0 aromatic heterocycles. The summed E-state index contributed by atoms with van der Waals surface area (Å²) in [5, 5.41) is 0. The summed E-state index contributed by atoms with van der Waals surface area (Å²) in [4.78, 5) is 0. The molecular weight excluding hydrogens is 147 g/mol. The average molecular weight is 164 g/mol. The summed E-state index contributed by atoms with van der Waals surface area (Å²) in [7, 11) is 0. The monoisotopic (exact) mass is 164 g/mol. The zero-order valence-corrected chi connectivity index (χ0v) is 8.21. The topological polar surface area (TPSA) is 18.5 Å². The number of allylic oxidation sites excluding steroid dienone is 1. The Bertz CT molecular complexity index is 94.5. The Morgan fingerprint density at radius 1 is 1.25 bits per heavy atom. The fourth-order valence-electron chi connectivity index (χ4n) is 0.588. The van der Waals surface area contributed by atoms with Crippen LogP contribution in [-0.4, -0.2) is 20.0 Å². The van der Waals surface area contributed by atoms with Crippen LogP contribution >= 0.6 is 0 Å². The molecule has 0 aliphatic rings. The van der Waals surface area contributed by atoms with Crippen LogP contribution in [0, 0.1) is 6.92 Å². The first-order valence-electron chi connectivity index (χ1n) is 4.01. The van der Waals surface area contributed by atoms with Gasteiger partial charge in [0.15, 0.2) is 0 Å². The van der Waals surface area contributed by atoms with Crippen LogP contribution in [-0.2, 0) is 9.47 Å². The Labute approximate surface area is 87.5 Å². The molecule has 0 aromatic carbocycles. The molecule has 0 rings (SSSR count). The number of ether oxygens (including phenoxy) is 2. The van der Waals surface area contributed by atoms with Crippen LogP contribution in [0.3, 0.4) is 0 Å². The molecule has 66 valence electrons. The van der Waals surface area contributed by atoms with E-state index in [0.29, 0.717) is 13.4 Å². The Balaban J connectivity index is 0. The van der Waals surface area contributed by atoms with Crippen molar-refractivity contribution in [1.82, 2.24) is 0 Å². The van der Waals surface area contributed by atoms with Crippen LogP contribution < -0.4 is 18.9 Å². The van der Waals surface area contributed by atoms with Crippen molar-refractivity contribution in [1.29, 1.82) is 0 Å². The molecule has 0 bridgehead atoms. The first-order chi connectivity index (χ1) is 5.41. The molecule has 0 fully saturated rings. The standard InChI is InChI=1S/C9H17O2.Li/c1-3-5-6-7-8-11-9-10-4-2;/h5-6H,1,3-4,7-9H2,2H3;/q-1;+1/b6-5+;. The predicted molar refractivity (Wildman–Crippen MR) is 46.2 cm³/mol. The summed E-state index contributed by atoms with van der Waals surface area (Å²) < 4.78 is 10.1. The summed E-state index contributed by atoms with van der Waals surface area (Å²) >= 11 is 0. The van der Waals surface area contributed by atoms with Gasteiger partial charge in [-0.15, -0.1) is 6.08 Å². The average Bonchev–Trinajstić information content (AvgIpc) is 2.03. The van der Waals surface area contributed by atoms with Gasteiger partial charge in [0.2, 0.25) is 0 Å². The van der Waals surface area contributed by atoms with Crippen LogP contribution in [0.2, 0.25) is 0 Å². The van der Waals surface area contributed by atoms with Gasteiger partial charge in [-0.25, -0.2) is 0 Å². The van der Waals surface area contributed by atoms with Gasteiger partial charge < -0.3 is 16.4 Å². The van der Waals surface area contributed by atoms with E-state index >= 15 is 0 Å². The second-order valence-corrected chi connectivity index (χ2v) is 2.07. The first-order valence-corrected chi connectivity index (χ1v) is 4.01. The Morgan fingerprint density at radius 2 is 2.00 bits per heavy atom. The fraction of sp³-hybridized carbons (Fsp3) is 0.667. The molecule has 0 heterocycles. The summed E-state index contributed by atoms with van der Waals surface area (Å²) in [5.41, 5.74) is 0. The van der Waals surface area contributed by atoms with Gasteiger partial charge in [0.25, 0.3) is 0 Å². The zero-order valence-electron chi connectivity index (χ0n) is 8.21. The van der Waals surface area contributed by atoms with Gasteiger partial charge in [-0.05, 0) is 13.3 Å². The normalized spacial score (nSPS) is 10.2. The third kappa shape index (κ3) is 12.9. The van der Waals surface area contributed by atoms with Gasteiger partial charge >= 0.3 is 18.9 Å². The van der Waals surface area contributed by atoms with Crippen molar-refractivity contribution < 1.29 is 28.3 Å². The van der Waals surface area contributed by atoms with E-state index in [1.165, 1.54) is 0 Å². The van der Waals surface area contributed by atoms with Crippen LogP contribution in [0.4, 0.5) is 0 Å². The first kappa shape index (κ1) is 14.8. The van der Waals surface area contributed by atoms with Gasteiger partial charge in [0.05, 0.1) is 6.61 Å². The minimum atomic E-state index is 0. The second kappa shape index (κ2) is 13.8. The van der Waals surface area contributed by atoms with Crippen molar-refractivity contribution in [3.05, 3.63) is 19.1 Å². The minimum Gasteiger partial charge on any atom is -0.356 e. The molecule has 0 saturated heterocycles. The molecule has 0 saturated carbocycles. The van der Waals surface area contributed by atoms with Gasteiger partial charge in [-0.3, -0.25) is 0 Å². The Hall–Kier alpha value is 0.257. The van der Waals surface area contributed by atoms with E-state index in [9.17, 15) is 0 Å². The van der Waals surface area contributed by atoms with Crippen LogP contribution in [0.1, 0.15) is 19.8 Å². The summed E-state index contributed by atoms with van der Waals surface area (Å²) in [6.45, 7) is 7.49. The van der Waals surface area contributed by atoms with E-state index in [1.54, 1.807) is 0 Å². The van der Waals surface area contributed by atoms with Crippen molar-refractivity contribution >= 4 is 0 Å². The molecule has 0 amide bonds. The zero-order chi connectivity index (χ0) is 8.36. The molecule has 2 nitrogen and oxygen atoms in total. The molecular formula is C9H17LiO2. The largest absolute Gasteiger partial charge is 1.00 e.